The summed E-state index contributed by atoms with van der Waals surface area (Å²) in [5, 5.41) is 6.09. The van der Waals surface area contributed by atoms with Crippen molar-refractivity contribution in [2.24, 2.45) is 5.92 Å². The summed E-state index contributed by atoms with van der Waals surface area (Å²) >= 11 is 0. The summed E-state index contributed by atoms with van der Waals surface area (Å²) in [6.07, 6.45) is 4.04. The lowest BCUT2D eigenvalue weighted by Gasteiger charge is -2.20. The quantitative estimate of drug-likeness (QED) is 0.802. The van der Waals surface area contributed by atoms with Gasteiger partial charge in [-0.1, -0.05) is 18.2 Å². The summed E-state index contributed by atoms with van der Waals surface area (Å²) in [5.74, 6) is 2.19. The van der Waals surface area contributed by atoms with E-state index >= 15 is 0 Å². The molecule has 2 aromatic rings. The molecule has 0 spiro atoms. The van der Waals surface area contributed by atoms with Crippen LogP contribution in [-0.4, -0.2) is 32.2 Å². The largest absolute Gasteiger partial charge is 0.497 e. The van der Waals surface area contributed by atoms with Crippen LogP contribution < -0.4 is 20.3 Å². The molecule has 0 radical (unpaired) electrons. The minimum Gasteiger partial charge on any atom is -0.497 e. The molecule has 1 atom stereocenters. The fourth-order valence-corrected chi connectivity index (χ4v) is 3.05. The summed E-state index contributed by atoms with van der Waals surface area (Å²) in [6, 6.07) is 11.6. The number of anilines is 1. The Morgan fingerprint density at radius 2 is 2.00 bits per heavy atom. The van der Waals surface area contributed by atoms with Crippen LogP contribution in [0.5, 0.6) is 5.75 Å². The predicted octanol–water partition coefficient (Wildman–Crippen LogP) is 3.11. The summed E-state index contributed by atoms with van der Waals surface area (Å²) in [6.45, 7) is 0.438. The number of nitrogens with zero attached hydrogens (tertiary/aromatic N) is 2. The second-order valence-electron chi connectivity index (χ2n) is 6.80. The highest BCUT2D eigenvalue weighted by Gasteiger charge is 2.33. The maximum absolute atomic E-state index is 12.5. The second-order valence-corrected chi connectivity index (χ2v) is 6.80. The standard InChI is InChI=1S/C20H26N4O2/c1-24(2)19-16(5-4-12-21-19)13-22-20(25)23-18(14-6-7-14)15-8-10-17(26-3)11-9-15/h4-5,8-12,14,18H,6-7,13H2,1-3H3,(H2,22,23,25). The topological polar surface area (TPSA) is 66.5 Å². The van der Waals surface area contributed by atoms with Crippen LogP contribution in [0.3, 0.4) is 0 Å². The van der Waals surface area contributed by atoms with E-state index in [9.17, 15) is 4.79 Å². The third-order valence-corrected chi connectivity index (χ3v) is 4.59. The molecule has 1 saturated carbocycles. The van der Waals surface area contributed by atoms with Crippen molar-refractivity contribution in [3.63, 3.8) is 0 Å². The number of methoxy groups -OCH3 is 1. The van der Waals surface area contributed by atoms with Crippen LogP contribution in [0.4, 0.5) is 10.6 Å². The van der Waals surface area contributed by atoms with Gasteiger partial charge in [-0.2, -0.15) is 0 Å². The van der Waals surface area contributed by atoms with Gasteiger partial charge in [0.25, 0.3) is 0 Å². The maximum Gasteiger partial charge on any atom is 0.315 e. The van der Waals surface area contributed by atoms with Crippen molar-refractivity contribution in [3.8, 4) is 5.75 Å². The minimum absolute atomic E-state index is 0.0307. The highest BCUT2D eigenvalue weighted by molar-refractivity contribution is 5.74. The first kappa shape index (κ1) is 18.0. The van der Waals surface area contributed by atoms with Gasteiger partial charge >= 0.3 is 6.03 Å². The van der Waals surface area contributed by atoms with Gasteiger partial charge in [0.05, 0.1) is 13.2 Å². The van der Waals surface area contributed by atoms with Gasteiger partial charge in [-0.3, -0.25) is 0 Å². The number of hydrogen-bond donors (Lipinski definition) is 2. The number of hydrogen-bond acceptors (Lipinski definition) is 4. The predicted molar refractivity (Wildman–Crippen MR) is 102 cm³/mol. The Morgan fingerprint density at radius 1 is 1.27 bits per heavy atom. The molecule has 0 saturated heterocycles. The highest BCUT2D eigenvalue weighted by atomic mass is 16.5. The molecule has 6 nitrogen and oxygen atoms in total. The molecule has 2 amide bonds. The molecular weight excluding hydrogens is 328 g/mol. The molecule has 2 N–H and O–H groups in total. The fourth-order valence-electron chi connectivity index (χ4n) is 3.05. The number of amides is 2. The summed E-state index contributed by atoms with van der Waals surface area (Å²) in [5.41, 5.74) is 2.10. The smallest absolute Gasteiger partial charge is 0.315 e. The molecule has 3 rings (SSSR count). The lowest BCUT2D eigenvalue weighted by atomic mass is 10.0. The molecule has 1 aromatic heterocycles. The van der Waals surface area contributed by atoms with Gasteiger partial charge in [-0.25, -0.2) is 9.78 Å². The van der Waals surface area contributed by atoms with Gasteiger partial charge in [-0.15, -0.1) is 0 Å². The molecule has 0 aliphatic heterocycles. The van der Waals surface area contributed by atoms with Gasteiger partial charge in [0, 0.05) is 32.4 Å². The van der Waals surface area contributed by atoms with Crippen molar-refractivity contribution in [1.29, 1.82) is 0 Å². The summed E-state index contributed by atoms with van der Waals surface area (Å²) in [7, 11) is 5.54. The van der Waals surface area contributed by atoms with Gasteiger partial charge in [-0.05, 0) is 42.5 Å². The molecule has 1 heterocycles. The third kappa shape index (κ3) is 4.45. The van der Waals surface area contributed by atoms with E-state index < -0.39 is 0 Å². The number of nitrogens with one attached hydrogen (secondary N) is 2. The Hall–Kier alpha value is -2.76. The number of urea groups is 1. The number of ether oxygens (including phenoxy) is 1. The van der Waals surface area contributed by atoms with Crippen molar-refractivity contribution >= 4 is 11.8 Å². The van der Waals surface area contributed by atoms with E-state index in [0.29, 0.717) is 12.5 Å². The fraction of sp³-hybridized carbons (Fsp3) is 0.400. The molecule has 1 aliphatic carbocycles. The van der Waals surface area contributed by atoms with Crippen LogP contribution in [0.1, 0.15) is 30.0 Å². The number of pyridine rings is 1. The average Bonchev–Trinajstić information content (AvgIpc) is 3.50. The van der Waals surface area contributed by atoms with E-state index in [2.05, 4.69) is 15.6 Å². The first-order valence-electron chi connectivity index (χ1n) is 8.88. The van der Waals surface area contributed by atoms with Crippen LogP contribution in [0, 0.1) is 5.92 Å². The van der Waals surface area contributed by atoms with E-state index in [4.69, 9.17) is 4.74 Å². The van der Waals surface area contributed by atoms with E-state index in [1.807, 2.05) is 55.4 Å². The molecule has 6 heteroatoms. The zero-order valence-corrected chi connectivity index (χ0v) is 15.5. The van der Waals surface area contributed by atoms with Crippen LogP contribution in [-0.2, 0) is 6.54 Å². The van der Waals surface area contributed by atoms with Crippen LogP contribution >= 0.6 is 0 Å². The van der Waals surface area contributed by atoms with E-state index in [1.54, 1.807) is 13.3 Å². The number of carbonyl (C=O) groups excluding carboxylic acids is 1. The first-order valence-corrected chi connectivity index (χ1v) is 8.88. The lowest BCUT2D eigenvalue weighted by Crippen LogP contribution is -2.38. The van der Waals surface area contributed by atoms with Gasteiger partial charge < -0.3 is 20.3 Å². The minimum atomic E-state index is -0.161. The molecule has 1 aromatic carbocycles. The number of carbonyl (C=O) groups is 1. The van der Waals surface area contributed by atoms with Crippen LogP contribution in [0.15, 0.2) is 42.6 Å². The van der Waals surface area contributed by atoms with Gasteiger partial charge in [0.1, 0.15) is 11.6 Å². The first-order chi connectivity index (χ1) is 12.6. The molecule has 1 unspecified atom stereocenters. The van der Waals surface area contributed by atoms with Crippen molar-refractivity contribution in [1.82, 2.24) is 15.6 Å². The SMILES string of the molecule is COc1ccc(C(NC(=O)NCc2cccnc2N(C)C)C2CC2)cc1. The van der Waals surface area contributed by atoms with Crippen molar-refractivity contribution in [2.45, 2.75) is 25.4 Å². The van der Waals surface area contributed by atoms with Crippen molar-refractivity contribution in [3.05, 3.63) is 53.7 Å². The molecule has 1 aliphatic rings. The van der Waals surface area contributed by atoms with E-state index in [1.165, 1.54) is 0 Å². The lowest BCUT2D eigenvalue weighted by molar-refractivity contribution is 0.235. The second kappa shape index (κ2) is 8.08. The summed E-state index contributed by atoms with van der Waals surface area (Å²) in [4.78, 5) is 18.8. The van der Waals surface area contributed by atoms with Gasteiger partial charge in [0.15, 0.2) is 0 Å². The maximum atomic E-state index is 12.5. The average molecular weight is 354 g/mol. The van der Waals surface area contributed by atoms with Crippen molar-refractivity contribution in [2.75, 3.05) is 26.1 Å². The molecule has 0 bridgehead atoms. The molecular formula is C20H26N4O2. The molecule has 26 heavy (non-hydrogen) atoms. The Balaban J connectivity index is 1.62. The molecule has 138 valence electrons. The zero-order valence-electron chi connectivity index (χ0n) is 15.5. The van der Waals surface area contributed by atoms with E-state index in [-0.39, 0.29) is 12.1 Å². The van der Waals surface area contributed by atoms with Crippen LogP contribution in [0.25, 0.3) is 0 Å². The van der Waals surface area contributed by atoms with Crippen molar-refractivity contribution < 1.29 is 9.53 Å². The van der Waals surface area contributed by atoms with Crippen LogP contribution in [0.2, 0.25) is 0 Å². The Labute approximate surface area is 154 Å². The third-order valence-electron chi connectivity index (χ3n) is 4.59. The highest BCUT2D eigenvalue weighted by Crippen LogP contribution is 2.41. The van der Waals surface area contributed by atoms with E-state index in [0.717, 1.165) is 35.5 Å². The Kier molecular flexibility index (Phi) is 5.61. The zero-order chi connectivity index (χ0) is 18.5. The monoisotopic (exact) mass is 354 g/mol. The molecule has 1 fully saturated rings. The number of benzene rings is 1. The Bertz CT molecular complexity index is 742. The number of aromatic nitrogens is 1. The normalized spacial score (nSPS) is 14.4. The Morgan fingerprint density at radius 3 is 2.62 bits per heavy atom. The number of rotatable bonds is 7. The summed E-state index contributed by atoms with van der Waals surface area (Å²) < 4.78 is 5.21. The van der Waals surface area contributed by atoms with Gasteiger partial charge in [0.2, 0.25) is 0 Å².